The van der Waals surface area contributed by atoms with Crippen molar-refractivity contribution in [2.45, 2.75) is 27.2 Å². The molecule has 0 heteroatoms. The topological polar surface area (TPSA) is 0 Å². The molecule has 5 aromatic carbocycles. The lowest BCUT2D eigenvalue weighted by Gasteiger charge is -2.16. The Hall–Kier alpha value is -3.64. The summed E-state index contributed by atoms with van der Waals surface area (Å²) in [7, 11) is 0. The van der Waals surface area contributed by atoms with Crippen molar-refractivity contribution in [3.63, 3.8) is 0 Å². The summed E-state index contributed by atoms with van der Waals surface area (Å²) in [4.78, 5) is 0. The standard InChI is InChI=1S/C32H28/c1-4-11-28-27(5-2)31(25-15-10-12-22(3)20-25)29-16-8-9-17-30(29)32(28)26-19-18-23-13-6-7-14-24(23)21-26/h5-21H,4H2,1-3H3/b27-5+,28-11+. The van der Waals surface area contributed by atoms with Crippen LogP contribution in [0.4, 0.5) is 0 Å². The first-order chi connectivity index (χ1) is 15.7. The number of hydrogen-bond donors (Lipinski definition) is 0. The van der Waals surface area contributed by atoms with Gasteiger partial charge in [-0.3, -0.25) is 0 Å². The summed E-state index contributed by atoms with van der Waals surface area (Å²) < 4.78 is 0. The van der Waals surface area contributed by atoms with Gasteiger partial charge in [-0.15, -0.1) is 0 Å². The van der Waals surface area contributed by atoms with Gasteiger partial charge in [0, 0.05) is 0 Å². The molecule has 0 radical (unpaired) electrons. The van der Waals surface area contributed by atoms with E-state index in [9.17, 15) is 0 Å². The average molecular weight is 413 g/mol. The molecule has 0 bridgehead atoms. The molecule has 0 aliphatic carbocycles. The molecule has 5 rings (SSSR count). The molecule has 0 saturated carbocycles. The molecule has 32 heavy (non-hydrogen) atoms. The van der Waals surface area contributed by atoms with E-state index >= 15 is 0 Å². The second kappa shape index (κ2) is 8.48. The van der Waals surface area contributed by atoms with Crippen LogP contribution in [0.3, 0.4) is 0 Å². The second-order valence-corrected chi connectivity index (χ2v) is 8.46. The van der Waals surface area contributed by atoms with E-state index in [0.29, 0.717) is 0 Å². The molecule has 0 aromatic heterocycles. The van der Waals surface area contributed by atoms with Gasteiger partial charge in [0.1, 0.15) is 0 Å². The number of aryl methyl sites for hydroxylation is 1. The summed E-state index contributed by atoms with van der Waals surface area (Å²) in [6, 6.07) is 33.3. The molecule has 0 spiro atoms. The van der Waals surface area contributed by atoms with Crippen molar-refractivity contribution < 1.29 is 0 Å². The summed E-state index contributed by atoms with van der Waals surface area (Å²) in [5, 5.41) is 7.83. The maximum Gasteiger partial charge on any atom is -0.00295 e. The van der Waals surface area contributed by atoms with Crippen LogP contribution in [-0.4, -0.2) is 0 Å². The number of rotatable bonds is 3. The lowest BCUT2D eigenvalue weighted by molar-refractivity contribution is 1.28. The van der Waals surface area contributed by atoms with Gasteiger partial charge in [-0.25, -0.2) is 0 Å². The highest BCUT2D eigenvalue weighted by atomic mass is 14.2. The third kappa shape index (κ3) is 3.42. The molecule has 0 heterocycles. The summed E-state index contributed by atoms with van der Waals surface area (Å²) in [5.41, 5.74) is 6.51. The number of benzene rings is 5. The molecular weight excluding hydrogens is 384 g/mol. The SMILES string of the molecule is C/C=c1/c(-c2cccc(C)c2)c2ccccc2c(-c2ccc3ccccc3c2)/c1=C/CC. The van der Waals surface area contributed by atoms with Crippen LogP contribution < -0.4 is 10.4 Å². The number of fused-ring (bicyclic) bond motifs is 2. The van der Waals surface area contributed by atoms with Crippen LogP contribution in [0.2, 0.25) is 0 Å². The molecule has 0 aliphatic heterocycles. The molecule has 0 N–H and O–H groups in total. The van der Waals surface area contributed by atoms with E-state index in [1.807, 2.05) is 0 Å². The molecule has 0 amide bonds. The van der Waals surface area contributed by atoms with E-state index in [0.717, 1.165) is 6.42 Å². The summed E-state index contributed by atoms with van der Waals surface area (Å²) in [5.74, 6) is 0. The number of hydrogen-bond acceptors (Lipinski definition) is 0. The summed E-state index contributed by atoms with van der Waals surface area (Å²) in [6.45, 7) is 6.56. The highest BCUT2D eigenvalue weighted by Gasteiger charge is 2.14. The Morgan fingerprint density at radius 2 is 1.28 bits per heavy atom. The average Bonchev–Trinajstić information content (AvgIpc) is 2.83. The lowest BCUT2D eigenvalue weighted by Crippen LogP contribution is -2.29. The van der Waals surface area contributed by atoms with Gasteiger partial charge in [0.2, 0.25) is 0 Å². The zero-order valence-corrected chi connectivity index (χ0v) is 19.0. The smallest absolute Gasteiger partial charge is 0.00295 e. The largest absolute Gasteiger partial charge is 0.0791 e. The minimum atomic E-state index is 0.993. The molecule has 0 saturated heterocycles. The van der Waals surface area contributed by atoms with Gasteiger partial charge in [-0.1, -0.05) is 110 Å². The van der Waals surface area contributed by atoms with Gasteiger partial charge in [0.25, 0.3) is 0 Å². The maximum atomic E-state index is 2.39. The lowest BCUT2D eigenvalue weighted by atomic mass is 9.87. The van der Waals surface area contributed by atoms with Crippen LogP contribution >= 0.6 is 0 Å². The molecule has 0 unspecified atom stereocenters. The Morgan fingerprint density at radius 1 is 0.625 bits per heavy atom. The Bertz CT molecular complexity index is 1570. The van der Waals surface area contributed by atoms with Crippen molar-refractivity contribution in [1.29, 1.82) is 0 Å². The quantitative estimate of drug-likeness (QED) is 0.286. The minimum absolute atomic E-state index is 0.993. The molecular formula is C32H28. The predicted molar refractivity (Wildman–Crippen MR) is 141 cm³/mol. The Kier molecular flexibility index (Phi) is 5.37. The second-order valence-electron chi connectivity index (χ2n) is 8.46. The van der Waals surface area contributed by atoms with Crippen LogP contribution in [0.25, 0.3) is 56.0 Å². The zero-order valence-electron chi connectivity index (χ0n) is 19.0. The molecule has 0 atom stereocenters. The van der Waals surface area contributed by atoms with E-state index in [4.69, 9.17) is 0 Å². The van der Waals surface area contributed by atoms with Crippen LogP contribution in [0.5, 0.6) is 0 Å². The van der Waals surface area contributed by atoms with Crippen molar-refractivity contribution >= 4 is 33.7 Å². The van der Waals surface area contributed by atoms with E-state index < -0.39 is 0 Å². The van der Waals surface area contributed by atoms with Gasteiger partial charge < -0.3 is 0 Å². The van der Waals surface area contributed by atoms with Crippen molar-refractivity contribution in [1.82, 2.24) is 0 Å². The monoisotopic (exact) mass is 412 g/mol. The highest BCUT2D eigenvalue weighted by molar-refractivity contribution is 6.06. The van der Waals surface area contributed by atoms with Crippen LogP contribution in [0, 0.1) is 6.92 Å². The molecule has 0 aliphatic rings. The van der Waals surface area contributed by atoms with Crippen LogP contribution in [0.1, 0.15) is 25.8 Å². The van der Waals surface area contributed by atoms with Crippen molar-refractivity contribution in [2.75, 3.05) is 0 Å². The first-order valence-corrected chi connectivity index (χ1v) is 11.5. The Morgan fingerprint density at radius 3 is 1.97 bits per heavy atom. The van der Waals surface area contributed by atoms with Gasteiger partial charge in [0.15, 0.2) is 0 Å². The zero-order chi connectivity index (χ0) is 22.1. The third-order valence-corrected chi connectivity index (χ3v) is 6.34. The van der Waals surface area contributed by atoms with Gasteiger partial charge >= 0.3 is 0 Å². The molecule has 5 aromatic rings. The normalized spacial score (nSPS) is 12.7. The minimum Gasteiger partial charge on any atom is -0.0791 e. The fourth-order valence-electron chi connectivity index (χ4n) is 4.96. The van der Waals surface area contributed by atoms with Crippen LogP contribution in [0.15, 0.2) is 91.0 Å². The van der Waals surface area contributed by atoms with Crippen molar-refractivity contribution in [2.24, 2.45) is 0 Å². The third-order valence-electron chi connectivity index (χ3n) is 6.34. The van der Waals surface area contributed by atoms with Gasteiger partial charge in [0.05, 0.1) is 0 Å². The first kappa shape index (κ1) is 20.3. The van der Waals surface area contributed by atoms with E-state index in [2.05, 4.69) is 124 Å². The Labute approximate surface area is 190 Å². The molecule has 0 nitrogen and oxygen atoms in total. The highest BCUT2D eigenvalue weighted by Crippen LogP contribution is 2.32. The first-order valence-electron chi connectivity index (χ1n) is 11.5. The molecule has 156 valence electrons. The van der Waals surface area contributed by atoms with Gasteiger partial charge in [-0.05, 0) is 80.6 Å². The summed E-state index contributed by atoms with van der Waals surface area (Å²) in [6.07, 6.45) is 5.68. The predicted octanol–water partition coefficient (Wildman–Crippen LogP) is 7.63. The van der Waals surface area contributed by atoms with E-state index in [1.54, 1.807) is 0 Å². The summed E-state index contributed by atoms with van der Waals surface area (Å²) >= 11 is 0. The van der Waals surface area contributed by atoms with E-state index in [-0.39, 0.29) is 0 Å². The van der Waals surface area contributed by atoms with Gasteiger partial charge in [-0.2, -0.15) is 0 Å². The van der Waals surface area contributed by atoms with E-state index in [1.165, 1.54) is 59.8 Å². The fourth-order valence-corrected chi connectivity index (χ4v) is 4.96. The Balaban J connectivity index is 1.98. The van der Waals surface area contributed by atoms with Crippen molar-refractivity contribution in [3.05, 3.63) is 107 Å². The molecule has 0 fully saturated rings. The van der Waals surface area contributed by atoms with Crippen LogP contribution in [-0.2, 0) is 0 Å². The maximum absolute atomic E-state index is 2.39. The van der Waals surface area contributed by atoms with Crippen molar-refractivity contribution in [3.8, 4) is 22.3 Å². The fraction of sp³-hybridized carbons (Fsp3) is 0.125.